The van der Waals surface area contributed by atoms with Crippen LogP contribution in [0.3, 0.4) is 0 Å². The van der Waals surface area contributed by atoms with Crippen LogP contribution in [-0.2, 0) is 6.54 Å². The summed E-state index contributed by atoms with van der Waals surface area (Å²) in [6.07, 6.45) is 0. The lowest BCUT2D eigenvalue weighted by Gasteiger charge is -2.19. The van der Waals surface area contributed by atoms with Crippen LogP contribution in [0.4, 0.5) is 11.4 Å². The highest BCUT2D eigenvalue weighted by Gasteiger charge is 2.30. The molecule has 0 radical (unpaired) electrons. The Bertz CT molecular complexity index is 801. The first-order chi connectivity index (χ1) is 12.1. The topological polar surface area (TPSA) is 82.2 Å². The fourth-order valence-electron chi connectivity index (χ4n) is 3.29. The summed E-state index contributed by atoms with van der Waals surface area (Å²) < 4.78 is 0. The molecule has 1 aliphatic heterocycles. The van der Waals surface area contributed by atoms with Crippen molar-refractivity contribution >= 4 is 11.4 Å². The molecule has 0 aliphatic carbocycles. The highest BCUT2D eigenvalue weighted by molar-refractivity contribution is 5.62. The number of likely N-dealkylation sites (tertiary alicyclic amines) is 1. The van der Waals surface area contributed by atoms with Crippen molar-refractivity contribution in [2.45, 2.75) is 19.5 Å². The van der Waals surface area contributed by atoms with Crippen LogP contribution < -0.4 is 5.32 Å². The summed E-state index contributed by atoms with van der Waals surface area (Å²) >= 11 is 0. The fraction of sp³-hybridized carbons (Fsp3) is 0.316. The summed E-state index contributed by atoms with van der Waals surface area (Å²) in [5, 5.41) is 23.6. The first-order valence-corrected chi connectivity index (χ1v) is 8.28. The number of anilines is 1. The van der Waals surface area contributed by atoms with E-state index in [2.05, 4.69) is 35.3 Å². The maximum absolute atomic E-state index is 10.9. The second-order valence-electron chi connectivity index (χ2n) is 6.51. The Morgan fingerprint density at radius 2 is 2.04 bits per heavy atom. The van der Waals surface area contributed by atoms with Gasteiger partial charge in [-0.2, -0.15) is 5.26 Å². The van der Waals surface area contributed by atoms with Gasteiger partial charge in [-0.15, -0.1) is 0 Å². The summed E-state index contributed by atoms with van der Waals surface area (Å²) in [5.41, 5.74) is 2.19. The second kappa shape index (κ2) is 7.32. The minimum atomic E-state index is -0.482. The molecule has 2 unspecified atom stereocenters. The summed E-state index contributed by atoms with van der Waals surface area (Å²) in [7, 11) is 0. The summed E-state index contributed by atoms with van der Waals surface area (Å²) in [4.78, 5) is 12.8. The third-order valence-electron chi connectivity index (χ3n) is 4.61. The summed E-state index contributed by atoms with van der Waals surface area (Å²) in [5.74, 6) is 0.422. The van der Waals surface area contributed by atoms with Crippen molar-refractivity contribution in [2.24, 2.45) is 5.92 Å². The largest absolute Gasteiger partial charge is 0.380 e. The Morgan fingerprint density at radius 3 is 2.72 bits per heavy atom. The average Bonchev–Trinajstić information content (AvgIpc) is 2.95. The molecule has 0 amide bonds. The molecule has 2 atom stereocenters. The number of nitro groups is 1. The molecule has 1 N–H and O–H groups in total. The van der Waals surface area contributed by atoms with Gasteiger partial charge in [0.2, 0.25) is 0 Å². The van der Waals surface area contributed by atoms with Gasteiger partial charge in [0.25, 0.3) is 5.69 Å². The minimum Gasteiger partial charge on any atom is -0.380 e. The lowest BCUT2D eigenvalue weighted by molar-refractivity contribution is -0.384. The molecule has 6 heteroatoms. The van der Waals surface area contributed by atoms with Gasteiger partial charge in [0.15, 0.2) is 0 Å². The van der Waals surface area contributed by atoms with Crippen LogP contribution in [0.1, 0.15) is 18.1 Å². The first kappa shape index (κ1) is 16.9. The van der Waals surface area contributed by atoms with E-state index in [-0.39, 0.29) is 11.7 Å². The van der Waals surface area contributed by atoms with Gasteiger partial charge < -0.3 is 5.32 Å². The zero-order valence-electron chi connectivity index (χ0n) is 14.1. The third kappa shape index (κ3) is 3.95. The Kier molecular flexibility index (Phi) is 4.96. The minimum absolute atomic E-state index is 0.0627. The second-order valence-corrected chi connectivity index (χ2v) is 6.51. The molecule has 6 nitrogen and oxygen atoms in total. The standard InChI is InChI=1S/C19H20N4O2/c1-14-11-22(12-15-5-3-2-4-6-15)13-19(14)21-18-8-7-17(23(24)25)9-16(18)10-20/h2-9,14,19,21H,11-13H2,1H3. The maximum atomic E-state index is 10.9. The van der Waals surface area contributed by atoms with Crippen molar-refractivity contribution in [3.63, 3.8) is 0 Å². The lowest BCUT2D eigenvalue weighted by Crippen LogP contribution is -2.28. The smallest absolute Gasteiger partial charge is 0.270 e. The molecule has 128 valence electrons. The number of nitrogens with one attached hydrogen (secondary N) is 1. The Balaban J connectivity index is 1.69. The van der Waals surface area contributed by atoms with Crippen molar-refractivity contribution in [3.05, 3.63) is 69.8 Å². The monoisotopic (exact) mass is 336 g/mol. The van der Waals surface area contributed by atoms with Gasteiger partial charge >= 0.3 is 0 Å². The SMILES string of the molecule is CC1CN(Cc2ccccc2)CC1Nc1ccc([N+](=O)[O-])cc1C#N. The van der Waals surface area contributed by atoms with E-state index >= 15 is 0 Å². The van der Waals surface area contributed by atoms with Gasteiger partial charge in [0.05, 0.1) is 16.2 Å². The van der Waals surface area contributed by atoms with Crippen molar-refractivity contribution in [3.8, 4) is 6.07 Å². The molecule has 2 aromatic rings. The van der Waals surface area contributed by atoms with Gasteiger partial charge in [-0.3, -0.25) is 15.0 Å². The molecule has 2 aromatic carbocycles. The van der Waals surface area contributed by atoms with Crippen molar-refractivity contribution in [1.29, 1.82) is 5.26 Å². The van der Waals surface area contributed by atoms with Gasteiger partial charge in [-0.1, -0.05) is 37.3 Å². The van der Waals surface area contributed by atoms with Crippen LogP contribution in [0, 0.1) is 27.4 Å². The summed E-state index contributed by atoms with van der Waals surface area (Å²) in [6, 6.07) is 17.0. The molecule has 0 saturated carbocycles. The van der Waals surface area contributed by atoms with E-state index in [9.17, 15) is 15.4 Å². The van der Waals surface area contributed by atoms with Gasteiger partial charge in [-0.25, -0.2) is 0 Å². The third-order valence-corrected chi connectivity index (χ3v) is 4.61. The van der Waals surface area contributed by atoms with E-state index in [1.54, 1.807) is 6.07 Å². The molecular formula is C19H20N4O2. The highest BCUT2D eigenvalue weighted by Crippen LogP contribution is 2.26. The van der Waals surface area contributed by atoms with Crippen LogP contribution in [0.2, 0.25) is 0 Å². The van der Waals surface area contributed by atoms with E-state index in [1.165, 1.54) is 17.7 Å². The Hall–Kier alpha value is -2.91. The molecule has 1 fully saturated rings. The molecule has 1 saturated heterocycles. The van der Waals surface area contributed by atoms with E-state index in [0.717, 1.165) is 19.6 Å². The van der Waals surface area contributed by atoms with Crippen LogP contribution in [0.5, 0.6) is 0 Å². The number of hydrogen-bond donors (Lipinski definition) is 1. The predicted octanol–water partition coefficient (Wildman–Crippen LogP) is 3.40. The molecule has 1 aliphatic rings. The fourth-order valence-corrected chi connectivity index (χ4v) is 3.29. The normalized spacial score (nSPS) is 20.2. The molecular weight excluding hydrogens is 316 g/mol. The quantitative estimate of drug-likeness (QED) is 0.668. The van der Waals surface area contributed by atoms with Gasteiger partial charge in [-0.05, 0) is 17.5 Å². The number of nitro benzene ring substituents is 1. The van der Waals surface area contributed by atoms with Crippen molar-refractivity contribution in [1.82, 2.24) is 4.90 Å². The molecule has 0 spiro atoms. The van der Waals surface area contributed by atoms with E-state index < -0.39 is 4.92 Å². The number of nitrogens with zero attached hydrogens (tertiary/aromatic N) is 3. The zero-order valence-corrected chi connectivity index (χ0v) is 14.1. The highest BCUT2D eigenvalue weighted by atomic mass is 16.6. The molecule has 3 rings (SSSR count). The predicted molar refractivity (Wildman–Crippen MR) is 96.1 cm³/mol. The van der Waals surface area contributed by atoms with E-state index in [1.807, 2.05) is 18.2 Å². The molecule has 1 heterocycles. The molecule has 25 heavy (non-hydrogen) atoms. The lowest BCUT2D eigenvalue weighted by atomic mass is 10.1. The van der Waals surface area contributed by atoms with Crippen LogP contribution in [0.25, 0.3) is 0 Å². The average molecular weight is 336 g/mol. The molecule has 0 aromatic heterocycles. The van der Waals surface area contributed by atoms with Crippen LogP contribution in [0.15, 0.2) is 48.5 Å². The van der Waals surface area contributed by atoms with E-state index in [4.69, 9.17) is 0 Å². The molecule has 0 bridgehead atoms. The Morgan fingerprint density at radius 1 is 1.28 bits per heavy atom. The maximum Gasteiger partial charge on any atom is 0.270 e. The van der Waals surface area contributed by atoms with Gasteiger partial charge in [0, 0.05) is 37.8 Å². The number of rotatable bonds is 5. The van der Waals surface area contributed by atoms with Crippen molar-refractivity contribution in [2.75, 3.05) is 18.4 Å². The zero-order chi connectivity index (χ0) is 17.8. The number of hydrogen-bond acceptors (Lipinski definition) is 5. The number of benzene rings is 2. The Labute approximate surface area is 146 Å². The summed E-state index contributed by atoms with van der Waals surface area (Å²) in [6.45, 7) is 4.92. The van der Waals surface area contributed by atoms with Crippen molar-refractivity contribution < 1.29 is 4.92 Å². The van der Waals surface area contributed by atoms with Crippen LogP contribution in [-0.4, -0.2) is 29.0 Å². The number of nitriles is 1. The van der Waals surface area contributed by atoms with Crippen LogP contribution >= 0.6 is 0 Å². The van der Waals surface area contributed by atoms with E-state index in [0.29, 0.717) is 17.2 Å². The number of non-ortho nitro benzene ring substituents is 1. The van der Waals surface area contributed by atoms with Gasteiger partial charge in [0.1, 0.15) is 6.07 Å². The first-order valence-electron chi connectivity index (χ1n) is 8.28.